The zero-order valence-corrected chi connectivity index (χ0v) is 15.2. The molecule has 6 nitrogen and oxygen atoms in total. The number of nitrogens with zero attached hydrogens (tertiary/aromatic N) is 1. The second-order valence-corrected chi connectivity index (χ2v) is 7.23. The van der Waals surface area contributed by atoms with Gasteiger partial charge in [0.2, 0.25) is 10.0 Å². The van der Waals surface area contributed by atoms with Crippen LogP contribution in [0, 0.1) is 0 Å². The van der Waals surface area contributed by atoms with E-state index >= 15 is 0 Å². The predicted molar refractivity (Wildman–Crippen MR) is 96.3 cm³/mol. The summed E-state index contributed by atoms with van der Waals surface area (Å²) in [5.74, 6) is 0.413. The highest BCUT2D eigenvalue weighted by Crippen LogP contribution is 2.29. The van der Waals surface area contributed by atoms with Crippen LogP contribution in [0.15, 0.2) is 58.4 Å². The van der Waals surface area contributed by atoms with Gasteiger partial charge in [-0.25, -0.2) is 13.6 Å². The summed E-state index contributed by atoms with van der Waals surface area (Å²) in [6.07, 6.45) is -4.37. The Morgan fingerprint density at radius 1 is 1.04 bits per heavy atom. The summed E-state index contributed by atoms with van der Waals surface area (Å²) in [6.45, 7) is 0.561. The van der Waals surface area contributed by atoms with Crippen LogP contribution in [-0.4, -0.2) is 21.4 Å². The first-order chi connectivity index (χ1) is 12.6. The SMILES string of the molecule is CN=C(NCc1ccc(C(F)(F)F)cc1)NCc1cccc(S(N)(=O)=O)c1. The summed E-state index contributed by atoms with van der Waals surface area (Å²) < 4.78 is 60.4. The first-order valence-electron chi connectivity index (χ1n) is 7.82. The van der Waals surface area contributed by atoms with Gasteiger partial charge in [0.05, 0.1) is 10.5 Å². The van der Waals surface area contributed by atoms with Crippen LogP contribution in [-0.2, 0) is 29.3 Å². The van der Waals surface area contributed by atoms with Crippen LogP contribution in [0.4, 0.5) is 13.2 Å². The highest BCUT2D eigenvalue weighted by atomic mass is 32.2. The van der Waals surface area contributed by atoms with Gasteiger partial charge in [0.25, 0.3) is 0 Å². The largest absolute Gasteiger partial charge is 0.416 e. The average molecular weight is 400 g/mol. The monoisotopic (exact) mass is 400 g/mol. The second kappa shape index (κ2) is 8.40. The number of primary sulfonamides is 1. The molecule has 10 heteroatoms. The molecule has 0 radical (unpaired) electrons. The van der Waals surface area contributed by atoms with E-state index in [1.54, 1.807) is 19.2 Å². The summed E-state index contributed by atoms with van der Waals surface area (Å²) in [5, 5.41) is 11.1. The third kappa shape index (κ3) is 6.26. The first-order valence-corrected chi connectivity index (χ1v) is 9.36. The van der Waals surface area contributed by atoms with E-state index in [1.807, 2.05) is 0 Å². The van der Waals surface area contributed by atoms with Crippen LogP contribution in [0.25, 0.3) is 0 Å². The lowest BCUT2D eigenvalue weighted by Gasteiger charge is -2.13. The molecule has 4 N–H and O–H groups in total. The molecule has 0 unspecified atom stereocenters. The van der Waals surface area contributed by atoms with Crippen LogP contribution in [0.5, 0.6) is 0 Å². The number of hydrogen-bond acceptors (Lipinski definition) is 3. The molecule has 2 aromatic carbocycles. The maximum atomic E-state index is 12.6. The zero-order valence-electron chi connectivity index (χ0n) is 14.4. The number of hydrogen-bond donors (Lipinski definition) is 3. The quantitative estimate of drug-likeness (QED) is 0.530. The zero-order chi connectivity index (χ0) is 20.1. The molecule has 146 valence electrons. The van der Waals surface area contributed by atoms with Gasteiger partial charge in [-0.05, 0) is 35.4 Å². The van der Waals surface area contributed by atoms with Gasteiger partial charge in [0, 0.05) is 20.1 Å². The van der Waals surface area contributed by atoms with E-state index in [0.29, 0.717) is 17.1 Å². The van der Waals surface area contributed by atoms with Crippen LogP contribution in [0.3, 0.4) is 0 Å². The number of nitrogens with two attached hydrogens (primary N) is 1. The van der Waals surface area contributed by atoms with Gasteiger partial charge in [-0.2, -0.15) is 13.2 Å². The van der Waals surface area contributed by atoms with Crippen molar-refractivity contribution < 1.29 is 21.6 Å². The lowest BCUT2D eigenvalue weighted by atomic mass is 10.1. The first kappa shape index (κ1) is 20.7. The Balaban J connectivity index is 1.93. The van der Waals surface area contributed by atoms with E-state index in [4.69, 9.17) is 5.14 Å². The van der Waals surface area contributed by atoms with Gasteiger partial charge in [-0.3, -0.25) is 4.99 Å². The number of aliphatic imine (C=N–C) groups is 1. The number of guanidine groups is 1. The van der Waals surface area contributed by atoms with Crippen molar-refractivity contribution in [3.63, 3.8) is 0 Å². The fourth-order valence-electron chi connectivity index (χ4n) is 2.24. The van der Waals surface area contributed by atoms with Gasteiger partial charge in [-0.1, -0.05) is 24.3 Å². The van der Waals surface area contributed by atoms with Crippen LogP contribution < -0.4 is 15.8 Å². The number of benzene rings is 2. The smallest absolute Gasteiger partial charge is 0.352 e. The Morgan fingerprint density at radius 3 is 2.15 bits per heavy atom. The van der Waals surface area contributed by atoms with Gasteiger partial charge in [-0.15, -0.1) is 0 Å². The average Bonchev–Trinajstić information content (AvgIpc) is 2.61. The lowest BCUT2D eigenvalue weighted by molar-refractivity contribution is -0.137. The molecular formula is C17H19F3N4O2S. The van der Waals surface area contributed by atoms with Crippen LogP contribution in [0.1, 0.15) is 16.7 Å². The number of halogens is 3. The highest BCUT2D eigenvalue weighted by molar-refractivity contribution is 7.89. The molecule has 0 amide bonds. The molecule has 0 spiro atoms. The summed E-state index contributed by atoms with van der Waals surface area (Å²) in [5.41, 5.74) is 0.629. The molecule has 0 bridgehead atoms. The van der Waals surface area contributed by atoms with E-state index in [0.717, 1.165) is 12.1 Å². The van der Waals surface area contributed by atoms with Gasteiger partial charge in [0.1, 0.15) is 0 Å². The molecule has 0 saturated carbocycles. The summed E-state index contributed by atoms with van der Waals surface area (Å²) in [6, 6.07) is 11.0. The van der Waals surface area contributed by atoms with E-state index in [-0.39, 0.29) is 18.0 Å². The Kier molecular flexibility index (Phi) is 6.45. The summed E-state index contributed by atoms with van der Waals surface area (Å²) in [4.78, 5) is 4.03. The molecule has 0 fully saturated rings. The molecule has 0 aliphatic carbocycles. The van der Waals surface area contributed by atoms with Crippen LogP contribution >= 0.6 is 0 Å². The highest BCUT2D eigenvalue weighted by Gasteiger charge is 2.29. The summed E-state index contributed by atoms with van der Waals surface area (Å²) >= 11 is 0. The standard InChI is InChI=1S/C17H19F3N4O2S/c1-22-16(23-10-12-5-7-14(8-6-12)17(18,19)20)24-11-13-3-2-4-15(9-13)27(21,25)26/h2-9H,10-11H2,1H3,(H2,21,25,26)(H2,22,23,24). The third-order valence-electron chi connectivity index (χ3n) is 3.65. The molecule has 2 aromatic rings. The minimum absolute atomic E-state index is 0.00880. The Labute approximate surface area is 155 Å². The van der Waals surface area contributed by atoms with Crippen molar-refractivity contribution in [2.75, 3.05) is 7.05 Å². The Morgan fingerprint density at radius 2 is 1.63 bits per heavy atom. The maximum absolute atomic E-state index is 12.6. The normalized spacial score (nSPS) is 12.7. The third-order valence-corrected chi connectivity index (χ3v) is 4.56. The van der Waals surface area contributed by atoms with Gasteiger partial charge < -0.3 is 10.6 Å². The lowest BCUT2D eigenvalue weighted by Crippen LogP contribution is -2.36. The molecule has 27 heavy (non-hydrogen) atoms. The minimum atomic E-state index is -4.37. The fourth-order valence-corrected chi connectivity index (χ4v) is 2.82. The van der Waals surface area contributed by atoms with Crippen LogP contribution in [0.2, 0.25) is 0 Å². The summed E-state index contributed by atoms with van der Waals surface area (Å²) in [7, 11) is -2.24. The number of alkyl halides is 3. The fraction of sp³-hybridized carbons (Fsp3) is 0.235. The van der Waals surface area contributed by atoms with E-state index in [2.05, 4.69) is 15.6 Å². The van der Waals surface area contributed by atoms with Crippen molar-refractivity contribution in [1.29, 1.82) is 0 Å². The van der Waals surface area contributed by atoms with E-state index in [1.165, 1.54) is 24.3 Å². The van der Waals surface area contributed by atoms with E-state index in [9.17, 15) is 21.6 Å². The Bertz CT molecular complexity index is 911. The molecule has 2 rings (SSSR count). The van der Waals surface area contributed by atoms with Gasteiger partial charge >= 0.3 is 6.18 Å². The van der Waals surface area contributed by atoms with Crippen molar-refractivity contribution >= 4 is 16.0 Å². The minimum Gasteiger partial charge on any atom is -0.352 e. The van der Waals surface area contributed by atoms with Crippen molar-refractivity contribution in [2.45, 2.75) is 24.2 Å². The molecular weight excluding hydrogens is 381 g/mol. The van der Waals surface area contributed by atoms with Crippen molar-refractivity contribution in [3.8, 4) is 0 Å². The molecule has 0 atom stereocenters. The van der Waals surface area contributed by atoms with Crippen molar-refractivity contribution in [2.24, 2.45) is 10.1 Å². The van der Waals surface area contributed by atoms with E-state index < -0.39 is 21.8 Å². The molecule has 0 aromatic heterocycles. The molecule has 0 aliphatic heterocycles. The second-order valence-electron chi connectivity index (χ2n) is 5.67. The van der Waals surface area contributed by atoms with Gasteiger partial charge in [0.15, 0.2) is 5.96 Å². The van der Waals surface area contributed by atoms with Crippen molar-refractivity contribution in [3.05, 3.63) is 65.2 Å². The molecule has 0 aliphatic rings. The van der Waals surface area contributed by atoms with Crippen molar-refractivity contribution in [1.82, 2.24) is 10.6 Å². The topological polar surface area (TPSA) is 96.6 Å². The molecule has 0 heterocycles. The number of rotatable bonds is 5. The Hall–Kier alpha value is -2.59. The molecule has 0 saturated heterocycles. The maximum Gasteiger partial charge on any atom is 0.416 e. The predicted octanol–water partition coefficient (Wildman–Crippen LogP) is 2.22. The number of nitrogens with one attached hydrogen (secondary N) is 2. The number of sulfonamides is 1.